The van der Waals surface area contributed by atoms with E-state index >= 15 is 4.39 Å². The van der Waals surface area contributed by atoms with Crippen LogP contribution in [0.3, 0.4) is 0 Å². The number of benzene rings is 2. The summed E-state index contributed by atoms with van der Waals surface area (Å²) in [5, 5.41) is 18.3. The minimum Gasteiger partial charge on any atom is -0.457 e. The predicted molar refractivity (Wildman–Crippen MR) is 130 cm³/mol. The molecule has 6 rings (SSSR count). The van der Waals surface area contributed by atoms with Gasteiger partial charge in [-0.2, -0.15) is 0 Å². The molecule has 9 heteroatoms. The van der Waals surface area contributed by atoms with Gasteiger partial charge in [-0.1, -0.05) is 18.2 Å². The summed E-state index contributed by atoms with van der Waals surface area (Å²) in [5.74, 6) is 0.231. The van der Waals surface area contributed by atoms with Crippen molar-refractivity contribution in [3.05, 3.63) is 77.9 Å². The molecule has 0 radical (unpaired) electrons. The molecule has 8 nitrogen and oxygen atoms in total. The smallest absolute Gasteiger partial charge is 0.251 e. The van der Waals surface area contributed by atoms with Gasteiger partial charge in [-0.05, 0) is 37.7 Å². The van der Waals surface area contributed by atoms with Crippen LogP contribution >= 0.6 is 0 Å². The van der Waals surface area contributed by atoms with Crippen LogP contribution in [-0.2, 0) is 4.79 Å². The average Bonchev–Trinajstić information content (AvgIpc) is 3.45. The SMILES string of the molecule is CN1CCC2(C1)Nc1c(cnc3[nH]cc(C(O)c4ccc(Oc5ccccc5)cc4F)c13)NC2=O. The highest BCUT2D eigenvalue weighted by atomic mass is 19.1. The maximum absolute atomic E-state index is 15.1. The second kappa shape index (κ2) is 8.07. The second-order valence-corrected chi connectivity index (χ2v) is 9.16. The Bertz CT molecular complexity index is 1440. The van der Waals surface area contributed by atoms with Crippen molar-refractivity contribution in [3.8, 4) is 11.5 Å². The molecule has 2 aromatic carbocycles. The van der Waals surface area contributed by atoms with Crippen LogP contribution in [0.4, 0.5) is 15.8 Å². The van der Waals surface area contributed by atoms with Gasteiger partial charge < -0.3 is 30.4 Å². The zero-order valence-corrected chi connectivity index (χ0v) is 19.0. The van der Waals surface area contributed by atoms with Crippen LogP contribution < -0.4 is 15.4 Å². The molecule has 0 bridgehead atoms. The molecule has 2 aliphatic rings. The van der Waals surface area contributed by atoms with Gasteiger partial charge in [-0.25, -0.2) is 9.37 Å². The summed E-state index contributed by atoms with van der Waals surface area (Å²) in [4.78, 5) is 22.5. The number of hydrogen-bond donors (Lipinski definition) is 4. The van der Waals surface area contributed by atoms with Gasteiger partial charge in [-0.3, -0.25) is 4.79 Å². The normalized spacial score (nSPS) is 20.5. The maximum atomic E-state index is 15.1. The highest BCUT2D eigenvalue weighted by Crippen LogP contribution is 2.43. The number of ether oxygens (including phenoxy) is 1. The summed E-state index contributed by atoms with van der Waals surface area (Å²) >= 11 is 0. The first kappa shape index (κ1) is 21.6. The van der Waals surface area contributed by atoms with E-state index in [1.807, 2.05) is 25.2 Å². The number of aliphatic hydroxyl groups is 1. The third-order valence-electron chi connectivity index (χ3n) is 6.78. The lowest BCUT2D eigenvalue weighted by molar-refractivity contribution is -0.120. The van der Waals surface area contributed by atoms with Crippen LogP contribution in [0.2, 0.25) is 0 Å². The molecule has 178 valence electrons. The minimum absolute atomic E-state index is 0.104. The van der Waals surface area contributed by atoms with E-state index in [0.717, 1.165) is 6.54 Å². The van der Waals surface area contributed by atoms with Gasteiger partial charge in [-0.15, -0.1) is 0 Å². The van der Waals surface area contributed by atoms with Crippen molar-refractivity contribution in [2.24, 2.45) is 0 Å². The van der Waals surface area contributed by atoms with E-state index in [4.69, 9.17) is 4.74 Å². The number of halogens is 1. The number of nitrogens with one attached hydrogen (secondary N) is 3. The van der Waals surface area contributed by atoms with Crippen LogP contribution in [0, 0.1) is 5.82 Å². The summed E-state index contributed by atoms with van der Waals surface area (Å²) in [6.45, 7) is 1.34. The fraction of sp³-hybridized carbons (Fsp3) is 0.231. The van der Waals surface area contributed by atoms with Crippen molar-refractivity contribution in [2.45, 2.75) is 18.1 Å². The summed E-state index contributed by atoms with van der Waals surface area (Å²) in [5.41, 5.74) is 1.54. The van der Waals surface area contributed by atoms with Gasteiger partial charge in [0.25, 0.3) is 5.91 Å². The van der Waals surface area contributed by atoms with Crippen molar-refractivity contribution in [2.75, 3.05) is 30.8 Å². The number of aromatic amines is 1. The van der Waals surface area contributed by atoms with Gasteiger partial charge >= 0.3 is 0 Å². The van der Waals surface area contributed by atoms with Crippen LogP contribution in [-0.4, -0.2) is 51.6 Å². The largest absolute Gasteiger partial charge is 0.457 e. The molecule has 4 N–H and O–H groups in total. The Labute approximate surface area is 200 Å². The number of para-hydroxylation sites is 1. The lowest BCUT2D eigenvalue weighted by Gasteiger charge is -2.36. The molecule has 1 saturated heterocycles. The molecular formula is C26H24FN5O3. The number of pyridine rings is 1. The Hall–Kier alpha value is -3.95. The molecule has 2 aromatic heterocycles. The molecule has 35 heavy (non-hydrogen) atoms. The Morgan fingerprint density at radius 3 is 2.74 bits per heavy atom. The Kier molecular flexibility index (Phi) is 4.98. The van der Waals surface area contributed by atoms with E-state index in [1.54, 1.807) is 30.6 Å². The van der Waals surface area contributed by atoms with Crippen LogP contribution in [0.15, 0.2) is 60.9 Å². The number of likely N-dealkylation sites (tertiary alicyclic amines) is 1. The first-order valence-electron chi connectivity index (χ1n) is 11.4. The Morgan fingerprint density at radius 2 is 2.00 bits per heavy atom. The summed E-state index contributed by atoms with van der Waals surface area (Å²) < 4.78 is 20.8. The molecule has 0 saturated carbocycles. The third kappa shape index (κ3) is 3.60. The fourth-order valence-corrected chi connectivity index (χ4v) is 4.97. The fourth-order valence-electron chi connectivity index (χ4n) is 4.97. The number of amides is 1. The molecule has 4 aromatic rings. The van der Waals surface area contributed by atoms with Crippen molar-refractivity contribution in [1.29, 1.82) is 0 Å². The molecule has 2 aliphatic heterocycles. The lowest BCUT2D eigenvalue weighted by Crippen LogP contribution is -2.54. The van der Waals surface area contributed by atoms with E-state index in [9.17, 15) is 9.90 Å². The van der Waals surface area contributed by atoms with Gasteiger partial charge in [0.2, 0.25) is 0 Å². The standard InChI is InChI=1S/C26H24FN5O3/c1-32-10-9-26(14-32)25(34)30-20-13-29-24-21(22(20)31-26)18(12-28-24)23(33)17-8-7-16(11-19(17)27)35-15-5-3-2-4-6-15/h2-8,11-13,23,31,33H,9-10,14H2,1H3,(H,28,29)(H,30,34). The molecule has 2 unspecified atom stereocenters. The third-order valence-corrected chi connectivity index (χ3v) is 6.78. The van der Waals surface area contributed by atoms with Crippen molar-refractivity contribution < 1.29 is 19.0 Å². The number of H-pyrrole nitrogens is 1. The van der Waals surface area contributed by atoms with Gasteiger partial charge in [0, 0.05) is 36.5 Å². The zero-order valence-electron chi connectivity index (χ0n) is 19.0. The number of aliphatic hydroxyl groups excluding tert-OH is 1. The molecular weight excluding hydrogens is 449 g/mol. The van der Waals surface area contributed by atoms with Crippen LogP contribution in [0.25, 0.3) is 11.0 Å². The zero-order chi connectivity index (χ0) is 24.2. The molecule has 1 spiro atoms. The quantitative estimate of drug-likeness (QED) is 0.357. The lowest BCUT2D eigenvalue weighted by atomic mass is 9.92. The summed E-state index contributed by atoms with van der Waals surface area (Å²) in [6, 6.07) is 13.5. The second-order valence-electron chi connectivity index (χ2n) is 9.16. The molecule has 1 amide bonds. The first-order valence-corrected chi connectivity index (χ1v) is 11.4. The first-order chi connectivity index (χ1) is 16.9. The molecule has 2 atom stereocenters. The number of carbonyl (C=O) groups excluding carboxylic acids is 1. The number of rotatable bonds is 4. The van der Waals surface area contributed by atoms with Gasteiger partial charge in [0.15, 0.2) is 0 Å². The number of hydrogen-bond acceptors (Lipinski definition) is 6. The number of anilines is 2. The molecule has 4 heterocycles. The predicted octanol–water partition coefficient (Wildman–Crippen LogP) is 4.01. The van der Waals surface area contributed by atoms with Gasteiger partial charge in [0.05, 0.1) is 23.0 Å². The monoisotopic (exact) mass is 473 g/mol. The number of carbonyl (C=O) groups is 1. The van der Waals surface area contributed by atoms with Gasteiger partial charge in [0.1, 0.15) is 34.6 Å². The number of nitrogens with zero attached hydrogens (tertiary/aromatic N) is 2. The minimum atomic E-state index is -1.26. The average molecular weight is 474 g/mol. The highest BCUT2D eigenvalue weighted by molar-refractivity contribution is 6.12. The van der Waals surface area contributed by atoms with E-state index in [2.05, 4.69) is 25.5 Å². The topological polar surface area (TPSA) is 103 Å². The number of fused-ring (bicyclic) bond motifs is 3. The van der Waals surface area contributed by atoms with E-state index in [-0.39, 0.29) is 11.5 Å². The van der Waals surface area contributed by atoms with Crippen LogP contribution in [0.5, 0.6) is 11.5 Å². The Balaban J connectivity index is 1.37. The Morgan fingerprint density at radius 1 is 1.17 bits per heavy atom. The maximum Gasteiger partial charge on any atom is 0.251 e. The van der Waals surface area contributed by atoms with E-state index in [0.29, 0.717) is 52.4 Å². The van der Waals surface area contributed by atoms with Crippen LogP contribution in [0.1, 0.15) is 23.7 Å². The van der Waals surface area contributed by atoms with E-state index < -0.39 is 17.5 Å². The number of likely N-dealkylation sites (N-methyl/N-ethyl adjacent to an activating group) is 1. The molecule has 0 aliphatic carbocycles. The van der Waals surface area contributed by atoms with E-state index in [1.165, 1.54) is 12.1 Å². The molecule has 1 fully saturated rings. The summed E-state index contributed by atoms with van der Waals surface area (Å²) in [6.07, 6.45) is 2.60. The van der Waals surface area contributed by atoms with Crippen molar-refractivity contribution in [1.82, 2.24) is 14.9 Å². The highest BCUT2D eigenvalue weighted by Gasteiger charge is 2.47. The number of aromatic nitrogens is 2. The van der Waals surface area contributed by atoms with Crippen molar-refractivity contribution >= 4 is 28.3 Å². The van der Waals surface area contributed by atoms with Crippen molar-refractivity contribution in [3.63, 3.8) is 0 Å². The summed E-state index contributed by atoms with van der Waals surface area (Å²) in [7, 11) is 1.97.